The van der Waals surface area contributed by atoms with Gasteiger partial charge in [0.25, 0.3) is 0 Å². The first-order valence-corrected chi connectivity index (χ1v) is 4.52. The molecule has 1 rings (SSSR count). The average Bonchev–Trinajstić information content (AvgIpc) is 2.59. The molecule has 13 heavy (non-hydrogen) atoms. The fourth-order valence-corrected chi connectivity index (χ4v) is 1.31. The van der Waals surface area contributed by atoms with Gasteiger partial charge in [-0.3, -0.25) is 0 Å². The molecule has 0 aromatic carbocycles. The van der Waals surface area contributed by atoms with E-state index in [0.717, 1.165) is 17.7 Å². The highest BCUT2D eigenvalue weighted by atomic mass is 35.5. The van der Waals surface area contributed by atoms with Crippen LogP contribution in [-0.2, 0) is 17.0 Å². The molecule has 0 aliphatic rings. The van der Waals surface area contributed by atoms with Gasteiger partial charge in [0.05, 0.1) is 13.0 Å². The summed E-state index contributed by atoms with van der Waals surface area (Å²) >= 11 is 5.66. The molecular weight excluding hydrogens is 192 g/mol. The molecule has 0 radical (unpaired) electrons. The van der Waals surface area contributed by atoms with Crippen molar-refractivity contribution in [2.24, 2.45) is 0 Å². The van der Waals surface area contributed by atoms with Crippen molar-refractivity contribution in [3.05, 3.63) is 23.2 Å². The molecule has 0 atom stereocenters. The van der Waals surface area contributed by atoms with Gasteiger partial charge in [-0.05, 0) is 6.07 Å². The fraction of sp³-hybridized carbons (Fsp3) is 0.444. The Bertz CT molecular complexity index is 282. The first kappa shape index (κ1) is 10.1. The Hall–Kier alpha value is -0.960. The SMILES string of the molecule is CCc1oc(C(=O)OC)cc1CCl. The normalized spacial score (nSPS) is 10.1. The number of hydrogen-bond donors (Lipinski definition) is 0. The van der Waals surface area contributed by atoms with Crippen LogP contribution in [-0.4, -0.2) is 13.1 Å². The van der Waals surface area contributed by atoms with Gasteiger partial charge in [-0.25, -0.2) is 4.79 Å². The molecule has 1 aromatic heterocycles. The van der Waals surface area contributed by atoms with Gasteiger partial charge in [0, 0.05) is 12.0 Å². The van der Waals surface area contributed by atoms with Gasteiger partial charge >= 0.3 is 5.97 Å². The molecule has 0 amide bonds. The van der Waals surface area contributed by atoms with Gasteiger partial charge in [-0.15, -0.1) is 11.6 Å². The quantitative estimate of drug-likeness (QED) is 0.558. The van der Waals surface area contributed by atoms with Crippen molar-refractivity contribution in [1.82, 2.24) is 0 Å². The standard InChI is InChI=1S/C9H11ClO3/c1-3-7-6(5-10)4-8(13-7)9(11)12-2/h4H,3,5H2,1-2H3. The summed E-state index contributed by atoms with van der Waals surface area (Å²) in [5.41, 5.74) is 0.851. The Labute approximate surface area is 81.6 Å². The lowest BCUT2D eigenvalue weighted by atomic mass is 10.2. The molecule has 0 saturated heterocycles. The maximum atomic E-state index is 11.1. The van der Waals surface area contributed by atoms with Crippen LogP contribution in [0.3, 0.4) is 0 Å². The third kappa shape index (κ3) is 2.04. The van der Waals surface area contributed by atoms with Crippen LogP contribution in [0.5, 0.6) is 0 Å². The molecule has 0 fully saturated rings. The van der Waals surface area contributed by atoms with E-state index in [1.807, 2.05) is 6.92 Å². The Balaban J connectivity index is 2.99. The van der Waals surface area contributed by atoms with Gasteiger partial charge in [-0.1, -0.05) is 6.92 Å². The molecule has 4 heteroatoms. The smallest absolute Gasteiger partial charge is 0.373 e. The molecule has 0 spiro atoms. The highest BCUT2D eigenvalue weighted by Crippen LogP contribution is 2.18. The second kappa shape index (κ2) is 4.33. The van der Waals surface area contributed by atoms with E-state index in [1.54, 1.807) is 6.07 Å². The summed E-state index contributed by atoms with van der Waals surface area (Å²) < 4.78 is 9.77. The molecule has 0 bridgehead atoms. The van der Waals surface area contributed by atoms with Crippen LogP contribution in [0.4, 0.5) is 0 Å². The lowest BCUT2D eigenvalue weighted by molar-refractivity contribution is 0.0563. The zero-order valence-electron chi connectivity index (χ0n) is 7.59. The minimum atomic E-state index is -0.467. The van der Waals surface area contributed by atoms with Crippen LogP contribution in [0, 0.1) is 0 Å². The summed E-state index contributed by atoms with van der Waals surface area (Å²) in [4.78, 5) is 11.1. The van der Waals surface area contributed by atoms with Crippen molar-refractivity contribution in [2.75, 3.05) is 7.11 Å². The summed E-state index contributed by atoms with van der Waals surface area (Å²) in [5.74, 6) is 0.848. The first-order chi connectivity index (χ1) is 6.22. The number of ether oxygens (including phenoxy) is 1. The fourth-order valence-electron chi connectivity index (χ4n) is 1.08. The predicted molar refractivity (Wildman–Crippen MR) is 49.0 cm³/mol. The lowest BCUT2D eigenvalue weighted by Crippen LogP contribution is -1.98. The van der Waals surface area contributed by atoms with Crippen molar-refractivity contribution < 1.29 is 13.9 Å². The first-order valence-electron chi connectivity index (χ1n) is 3.98. The molecule has 1 heterocycles. The van der Waals surface area contributed by atoms with Gasteiger partial charge < -0.3 is 9.15 Å². The largest absolute Gasteiger partial charge is 0.463 e. The zero-order chi connectivity index (χ0) is 9.84. The van der Waals surface area contributed by atoms with E-state index < -0.39 is 5.97 Å². The molecule has 72 valence electrons. The summed E-state index contributed by atoms with van der Waals surface area (Å²) in [6, 6.07) is 1.62. The van der Waals surface area contributed by atoms with E-state index in [4.69, 9.17) is 16.0 Å². The second-order valence-corrected chi connectivity index (χ2v) is 2.81. The maximum absolute atomic E-state index is 11.1. The molecule has 3 nitrogen and oxygen atoms in total. The van der Waals surface area contributed by atoms with Gasteiger partial charge in [0.2, 0.25) is 5.76 Å². The number of furan rings is 1. The number of hydrogen-bond acceptors (Lipinski definition) is 3. The van der Waals surface area contributed by atoms with Crippen molar-refractivity contribution >= 4 is 17.6 Å². The van der Waals surface area contributed by atoms with Crippen LogP contribution in [0.1, 0.15) is 28.8 Å². The monoisotopic (exact) mass is 202 g/mol. The number of rotatable bonds is 3. The summed E-state index contributed by atoms with van der Waals surface area (Å²) in [7, 11) is 1.32. The Morgan fingerprint density at radius 3 is 2.77 bits per heavy atom. The highest BCUT2D eigenvalue weighted by molar-refractivity contribution is 6.17. The van der Waals surface area contributed by atoms with Crippen LogP contribution < -0.4 is 0 Å². The van der Waals surface area contributed by atoms with Gasteiger partial charge in [0.15, 0.2) is 0 Å². The third-order valence-corrected chi connectivity index (χ3v) is 2.04. The number of halogens is 1. The Morgan fingerprint density at radius 1 is 1.69 bits per heavy atom. The van der Waals surface area contributed by atoms with Crippen molar-refractivity contribution in [3.8, 4) is 0 Å². The molecular formula is C9H11ClO3. The van der Waals surface area contributed by atoms with Crippen LogP contribution in [0.25, 0.3) is 0 Å². The average molecular weight is 203 g/mol. The van der Waals surface area contributed by atoms with E-state index in [0.29, 0.717) is 5.88 Å². The lowest BCUT2D eigenvalue weighted by Gasteiger charge is -1.92. The minimum Gasteiger partial charge on any atom is -0.463 e. The van der Waals surface area contributed by atoms with E-state index >= 15 is 0 Å². The molecule has 0 saturated carbocycles. The molecule has 0 N–H and O–H groups in total. The van der Waals surface area contributed by atoms with E-state index in [1.165, 1.54) is 7.11 Å². The highest BCUT2D eigenvalue weighted by Gasteiger charge is 2.14. The Morgan fingerprint density at radius 2 is 2.38 bits per heavy atom. The predicted octanol–water partition coefficient (Wildman–Crippen LogP) is 2.37. The summed E-state index contributed by atoms with van der Waals surface area (Å²) in [6.07, 6.45) is 0.721. The molecule has 0 aliphatic carbocycles. The number of methoxy groups -OCH3 is 1. The van der Waals surface area contributed by atoms with E-state index in [-0.39, 0.29) is 5.76 Å². The number of carbonyl (C=O) groups is 1. The van der Waals surface area contributed by atoms with Gasteiger partial charge in [-0.2, -0.15) is 0 Å². The maximum Gasteiger partial charge on any atom is 0.373 e. The molecule has 1 aromatic rings. The van der Waals surface area contributed by atoms with E-state index in [2.05, 4.69) is 4.74 Å². The number of carbonyl (C=O) groups excluding carboxylic acids is 1. The summed E-state index contributed by atoms with van der Waals surface area (Å²) in [6.45, 7) is 1.94. The topological polar surface area (TPSA) is 39.4 Å². The van der Waals surface area contributed by atoms with Crippen molar-refractivity contribution in [1.29, 1.82) is 0 Å². The van der Waals surface area contributed by atoms with Crippen molar-refractivity contribution in [2.45, 2.75) is 19.2 Å². The van der Waals surface area contributed by atoms with Crippen molar-refractivity contribution in [3.63, 3.8) is 0 Å². The number of esters is 1. The number of alkyl halides is 1. The Kier molecular flexibility index (Phi) is 3.37. The van der Waals surface area contributed by atoms with E-state index in [9.17, 15) is 4.79 Å². The zero-order valence-corrected chi connectivity index (χ0v) is 8.35. The van der Waals surface area contributed by atoms with Crippen LogP contribution >= 0.6 is 11.6 Å². The van der Waals surface area contributed by atoms with Crippen LogP contribution in [0.2, 0.25) is 0 Å². The molecule has 0 aliphatic heterocycles. The molecule has 0 unspecified atom stereocenters. The van der Waals surface area contributed by atoms with Gasteiger partial charge in [0.1, 0.15) is 5.76 Å². The summed E-state index contributed by atoms with van der Waals surface area (Å²) in [5, 5.41) is 0. The number of aryl methyl sites for hydroxylation is 1. The third-order valence-electron chi connectivity index (χ3n) is 1.75. The minimum absolute atomic E-state index is 0.218. The second-order valence-electron chi connectivity index (χ2n) is 2.54. The van der Waals surface area contributed by atoms with Crippen LogP contribution in [0.15, 0.2) is 10.5 Å².